The third-order valence-electron chi connectivity index (χ3n) is 4.02. The lowest BCUT2D eigenvalue weighted by Crippen LogP contribution is -2.37. The van der Waals surface area contributed by atoms with Gasteiger partial charge in [0.25, 0.3) is 0 Å². The Hall–Kier alpha value is -2.11. The van der Waals surface area contributed by atoms with Gasteiger partial charge in [0.2, 0.25) is 5.91 Å². The van der Waals surface area contributed by atoms with Crippen LogP contribution in [-0.4, -0.2) is 40.6 Å². The predicted octanol–water partition coefficient (Wildman–Crippen LogP) is 3.53. The van der Waals surface area contributed by atoms with E-state index in [9.17, 15) is 9.59 Å². The highest BCUT2D eigenvalue weighted by atomic mass is 16.6. The molecule has 1 saturated heterocycles. The molecule has 0 spiro atoms. The molecule has 2 amide bonds. The summed E-state index contributed by atoms with van der Waals surface area (Å²) in [6.07, 6.45) is 3.31. The van der Waals surface area contributed by atoms with E-state index in [1.54, 1.807) is 13.1 Å². The number of amides is 2. The number of ether oxygens (including phenoxy) is 1. The van der Waals surface area contributed by atoms with Gasteiger partial charge in [-0.15, -0.1) is 0 Å². The lowest BCUT2D eigenvalue weighted by Gasteiger charge is -2.27. The Kier molecular flexibility index (Phi) is 5.47. The van der Waals surface area contributed by atoms with Gasteiger partial charge in [-0.2, -0.15) is 0 Å². The fourth-order valence-electron chi connectivity index (χ4n) is 2.95. The van der Waals surface area contributed by atoms with Crippen molar-refractivity contribution >= 4 is 17.8 Å². The molecule has 132 valence electrons. The number of hydrogen-bond donors (Lipinski definition) is 0. The smallest absolute Gasteiger partial charge is 0.415 e. The number of carbonyl (C=O) groups is 2. The molecule has 1 aromatic rings. The van der Waals surface area contributed by atoms with E-state index >= 15 is 0 Å². The topological polar surface area (TPSA) is 62.7 Å². The Labute approximate surface area is 143 Å². The van der Waals surface area contributed by atoms with Gasteiger partial charge in [0.15, 0.2) is 0 Å². The highest BCUT2D eigenvalue weighted by Gasteiger charge is 2.28. The van der Waals surface area contributed by atoms with E-state index < -0.39 is 11.7 Å². The summed E-state index contributed by atoms with van der Waals surface area (Å²) in [5, 5.41) is 0. The van der Waals surface area contributed by atoms with Gasteiger partial charge in [-0.05, 0) is 52.2 Å². The van der Waals surface area contributed by atoms with E-state index in [1.165, 1.54) is 4.90 Å². The molecule has 2 heterocycles. The van der Waals surface area contributed by atoms with Gasteiger partial charge >= 0.3 is 6.09 Å². The maximum Gasteiger partial charge on any atom is 0.415 e. The van der Waals surface area contributed by atoms with Gasteiger partial charge in [0.05, 0.1) is 6.04 Å². The Bertz CT molecular complexity index is 593. The van der Waals surface area contributed by atoms with Crippen LogP contribution in [0.15, 0.2) is 18.3 Å². The summed E-state index contributed by atoms with van der Waals surface area (Å²) in [6, 6.07) is 3.85. The lowest BCUT2D eigenvalue weighted by atomic mass is 10.1. The summed E-state index contributed by atoms with van der Waals surface area (Å²) in [6.45, 7) is 10.3. The van der Waals surface area contributed by atoms with Crippen LogP contribution in [0, 0.1) is 0 Å². The predicted molar refractivity (Wildman–Crippen MR) is 92.9 cm³/mol. The minimum atomic E-state index is -0.545. The highest BCUT2D eigenvalue weighted by molar-refractivity contribution is 5.86. The van der Waals surface area contributed by atoms with E-state index in [4.69, 9.17) is 4.74 Å². The molecule has 24 heavy (non-hydrogen) atoms. The molecular weight excluding hydrogens is 306 g/mol. The molecule has 1 aromatic heterocycles. The van der Waals surface area contributed by atoms with Crippen LogP contribution in [0.1, 0.15) is 59.1 Å². The summed E-state index contributed by atoms with van der Waals surface area (Å²) >= 11 is 0. The molecule has 1 aliphatic rings. The van der Waals surface area contributed by atoms with E-state index in [2.05, 4.69) is 4.98 Å². The van der Waals surface area contributed by atoms with Crippen LogP contribution >= 0.6 is 0 Å². The third-order valence-corrected chi connectivity index (χ3v) is 4.02. The molecule has 2 rings (SSSR count). The van der Waals surface area contributed by atoms with Crippen LogP contribution in [-0.2, 0) is 9.53 Å². The molecular formula is C18H27N3O3. The van der Waals surface area contributed by atoms with Crippen LogP contribution in [0.3, 0.4) is 0 Å². The standard InChI is InChI=1S/C18H27N3O3/c1-6-20(17(23)24-18(3,4)5)16-10-9-14(12-19-16)15-8-7-11-21(15)13(2)22/h9-10,12,15H,6-8,11H2,1-5H3/t15-/m0/s1. The van der Waals surface area contributed by atoms with Gasteiger partial charge in [0.1, 0.15) is 11.4 Å². The Morgan fingerprint density at radius 3 is 2.58 bits per heavy atom. The Morgan fingerprint density at radius 1 is 1.38 bits per heavy atom. The van der Waals surface area contributed by atoms with Gasteiger partial charge < -0.3 is 9.64 Å². The molecule has 6 heteroatoms. The molecule has 0 unspecified atom stereocenters. The monoisotopic (exact) mass is 333 g/mol. The van der Waals surface area contributed by atoms with Gasteiger partial charge in [-0.3, -0.25) is 9.69 Å². The maximum absolute atomic E-state index is 12.3. The van der Waals surface area contributed by atoms with Crippen LogP contribution in [0.4, 0.5) is 10.6 Å². The van der Waals surface area contributed by atoms with Crippen molar-refractivity contribution in [1.82, 2.24) is 9.88 Å². The summed E-state index contributed by atoms with van der Waals surface area (Å²) in [5.41, 5.74) is 0.461. The van der Waals surface area contributed by atoms with Gasteiger partial charge in [-0.25, -0.2) is 9.78 Å². The lowest BCUT2D eigenvalue weighted by molar-refractivity contribution is -0.129. The molecule has 0 aromatic carbocycles. The van der Waals surface area contributed by atoms with Gasteiger partial charge in [-0.1, -0.05) is 6.07 Å². The average molecular weight is 333 g/mol. The van der Waals surface area contributed by atoms with Crippen molar-refractivity contribution in [2.75, 3.05) is 18.0 Å². The fraction of sp³-hybridized carbons (Fsp3) is 0.611. The van der Waals surface area contributed by atoms with Crippen LogP contribution in [0.5, 0.6) is 0 Å². The van der Waals surface area contributed by atoms with Crippen LogP contribution in [0.25, 0.3) is 0 Å². The van der Waals surface area contributed by atoms with Gasteiger partial charge in [0, 0.05) is 26.2 Å². The Balaban J connectivity index is 2.15. The number of anilines is 1. The first-order valence-corrected chi connectivity index (χ1v) is 8.46. The second-order valence-electron chi connectivity index (χ2n) is 7.04. The number of rotatable bonds is 3. The first-order chi connectivity index (χ1) is 11.2. The molecule has 0 aliphatic carbocycles. The largest absolute Gasteiger partial charge is 0.443 e. The average Bonchev–Trinajstić information content (AvgIpc) is 2.96. The first kappa shape index (κ1) is 18.2. The molecule has 0 radical (unpaired) electrons. The summed E-state index contributed by atoms with van der Waals surface area (Å²) in [7, 11) is 0. The van der Waals surface area contributed by atoms with Crippen molar-refractivity contribution in [1.29, 1.82) is 0 Å². The van der Waals surface area contributed by atoms with Crippen molar-refractivity contribution in [3.05, 3.63) is 23.9 Å². The molecule has 0 N–H and O–H groups in total. The van der Waals surface area contributed by atoms with E-state index in [1.807, 2.05) is 44.7 Å². The number of aromatic nitrogens is 1. The van der Waals surface area contributed by atoms with Crippen molar-refractivity contribution in [3.8, 4) is 0 Å². The minimum absolute atomic E-state index is 0.0839. The van der Waals surface area contributed by atoms with Crippen molar-refractivity contribution in [2.24, 2.45) is 0 Å². The number of nitrogens with zero attached hydrogens (tertiary/aromatic N) is 3. The minimum Gasteiger partial charge on any atom is -0.443 e. The Morgan fingerprint density at radius 2 is 2.08 bits per heavy atom. The zero-order valence-electron chi connectivity index (χ0n) is 15.2. The molecule has 6 nitrogen and oxygen atoms in total. The van der Waals surface area contributed by atoms with Crippen LogP contribution in [0.2, 0.25) is 0 Å². The number of carbonyl (C=O) groups excluding carboxylic acids is 2. The fourth-order valence-corrected chi connectivity index (χ4v) is 2.95. The molecule has 1 atom stereocenters. The molecule has 0 saturated carbocycles. The second kappa shape index (κ2) is 7.20. The van der Waals surface area contributed by atoms with Crippen LogP contribution < -0.4 is 4.90 Å². The number of likely N-dealkylation sites (tertiary alicyclic amines) is 1. The summed E-state index contributed by atoms with van der Waals surface area (Å²) in [5.74, 6) is 0.647. The highest BCUT2D eigenvalue weighted by Crippen LogP contribution is 2.32. The molecule has 1 fully saturated rings. The van der Waals surface area contributed by atoms with Crippen molar-refractivity contribution in [3.63, 3.8) is 0 Å². The van der Waals surface area contributed by atoms with Crippen molar-refractivity contribution < 1.29 is 14.3 Å². The van der Waals surface area contributed by atoms with Crippen molar-refractivity contribution in [2.45, 2.75) is 59.1 Å². The number of hydrogen-bond acceptors (Lipinski definition) is 4. The SMILES string of the molecule is CCN(C(=O)OC(C)(C)C)c1ccc([C@@H]2CCCN2C(C)=O)cn1. The zero-order valence-corrected chi connectivity index (χ0v) is 15.2. The normalized spacial score (nSPS) is 17.7. The van der Waals surface area contributed by atoms with E-state index in [-0.39, 0.29) is 11.9 Å². The second-order valence-corrected chi connectivity index (χ2v) is 7.04. The first-order valence-electron chi connectivity index (χ1n) is 8.46. The summed E-state index contributed by atoms with van der Waals surface area (Å²) in [4.78, 5) is 31.8. The number of pyridine rings is 1. The summed E-state index contributed by atoms with van der Waals surface area (Å²) < 4.78 is 5.42. The van der Waals surface area contributed by atoms with E-state index in [0.717, 1.165) is 24.9 Å². The molecule has 1 aliphatic heterocycles. The zero-order chi connectivity index (χ0) is 17.9. The molecule has 0 bridgehead atoms. The van der Waals surface area contributed by atoms with E-state index in [0.29, 0.717) is 12.4 Å². The maximum atomic E-state index is 12.3. The quantitative estimate of drug-likeness (QED) is 0.849. The third kappa shape index (κ3) is 4.24.